The number of anilines is 1. The number of nitro groups is 1. The number of nitrogens with zero attached hydrogens (tertiary/aromatic N) is 2. The zero-order valence-electron chi connectivity index (χ0n) is 22.8. The van der Waals surface area contributed by atoms with Gasteiger partial charge in [0.2, 0.25) is 0 Å². The van der Waals surface area contributed by atoms with Crippen molar-refractivity contribution in [2.75, 3.05) is 12.4 Å². The fourth-order valence-corrected chi connectivity index (χ4v) is 5.07. The number of ether oxygens (including phenoxy) is 2. The van der Waals surface area contributed by atoms with Crippen LogP contribution in [0.15, 0.2) is 105 Å². The highest BCUT2D eigenvalue weighted by Crippen LogP contribution is 2.32. The summed E-state index contributed by atoms with van der Waals surface area (Å²) in [4.78, 5) is 48.4. The topological polar surface area (TPSA) is 149 Å². The second kappa shape index (κ2) is 14.8. The van der Waals surface area contributed by atoms with E-state index in [0.717, 1.165) is 6.08 Å². The van der Waals surface area contributed by atoms with Crippen LogP contribution in [0.25, 0.3) is 6.08 Å². The first-order valence-electron chi connectivity index (χ1n) is 12.6. The van der Waals surface area contributed by atoms with Crippen LogP contribution in [0.2, 0.25) is 0 Å². The third-order valence-corrected chi connectivity index (χ3v) is 6.88. The molecule has 4 rings (SSSR count). The molecule has 0 radical (unpaired) electrons. The van der Waals surface area contributed by atoms with E-state index in [1.165, 1.54) is 43.7 Å². The summed E-state index contributed by atoms with van der Waals surface area (Å²) in [6.45, 7) is 0. The lowest BCUT2D eigenvalue weighted by Gasteiger charge is -2.09. The van der Waals surface area contributed by atoms with E-state index < -0.39 is 16.8 Å². The fourth-order valence-electron chi connectivity index (χ4n) is 3.73. The number of carbonyl (C=O) groups excluding carboxylic acids is 3. The highest BCUT2D eigenvalue weighted by atomic mass is 79.9. The number of amides is 2. The van der Waals surface area contributed by atoms with Crippen molar-refractivity contribution < 1.29 is 28.8 Å². The number of carbonyl (C=O) groups is 3. The molecule has 0 heterocycles. The lowest BCUT2D eigenvalue weighted by Crippen LogP contribution is -2.18. The Morgan fingerprint density at radius 3 is 2.39 bits per heavy atom. The predicted molar refractivity (Wildman–Crippen MR) is 172 cm³/mol. The van der Waals surface area contributed by atoms with Gasteiger partial charge in [0, 0.05) is 45.1 Å². The van der Waals surface area contributed by atoms with E-state index >= 15 is 0 Å². The van der Waals surface area contributed by atoms with Crippen LogP contribution in [0.4, 0.5) is 11.4 Å². The number of nitro benzene ring substituents is 1. The average molecular weight is 722 g/mol. The van der Waals surface area contributed by atoms with Crippen LogP contribution in [0.1, 0.15) is 31.8 Å². The second-order valence-corrected chi connectivity index (χ2v) is 10.6. The Labute approximate surface area is 268 Å². The number of benzene rings is 4. The van der Waals surface area contributed by atoms with Crippen LogP contribution in [0.3, 0.4) is 0 Å². The zero-order valence-corrected chi connectivity index (χ0v) is 26.0. The molecular weight excluding hydrogens is 700 g/mol. The van der Waals surface area contributed by atoms with Gasteiger partial charge in [-0.15, -0.1) is 0 Å². The Balaban J connectivity index is 1.42. The quantitative estimate of drug-likeness (QED) is 0.0459. The lowest BCUT2D eigenvalue weighted by atomic mass is 10.1. The summed E-state index contributed by atoms with van der Waals surface area (Å²) in [6, 6.07) is 22.0. The molecule has 0 bridgehead atoms. The molecule has 0 atom stereocenters. The summed E-state index contributed by atoms with van der Waals surface area (Å²) in [5.74, 6) is -0.897. The smallest absolute Gasteiger partial charge is 0.336 e. The van der Waals surface area contributed by atoms with E-state index in [0.29, 0.717) is 37.1 Å². The monoisotopic (exact) mass is 720 g/mol. The molecule has 0 aliphatic rings. The largest absolute Gasteiger partial charge is 0.497 e. The Morgan fingerprint density at radius 2 is 1.66 bits per heavy atom. The van der Waals surface area contributed by atoms with E-state index in [1.807, 2.05) is 0 Å². The molecule has 0 aliphatic heterocycles. The van der Waals surface area contributed by atoms with Crippen molar-refractivity contribution in [2.45, 2.75) is 0 Å². The number of nitrogens with one attached hydrogen (secondary N) is 2. The van der Waals surface area contributed by atoms with E-state index in [4.69, 9.17) is 9.47 Å². The van der Waals surface area contributed by atoms with Crippen molar-refractivity contribution in [3.8, 4) is 11.5 Å². The highest BCUT2D eigenvalue weighted by Gasteiger charge is 2.14. The van der Waals surface area contributed by atoms with Crippen LogP contribution in [0, 0.1) is 10.1 Å². The number of non-ortho nitro benzene ring substituents is 1. The van der Waals surface area contributed by atoms with Crippen molar-refractivity contribution in [1.82, 2.24) is 5.43 Å². The molecule has 0 spiro atoms. The average Bonchev–Trinajstić information content (AvgIpc) is 3.01. The van der Waals surface area contributed by atoms with Crippen LogP contribution in [-0.4, -0.2) is 36.0 Å². The summed E-state index contributed by atoms with van der Waals surface area (Å²) < 4.78 is 11.7. The minimum atomic E-state index is -0.744. The number of rotatable bonds is 10. The predicted octanol–water partition coefficient (Wildman–Crippen LogP) is 6.76. The van der Waals surface area contributed by atoms with Crippen LogP contribution < -0.4 is 20.2 Å². The molecule has 2 amide bonds. The number of hydrogen-bond acceptors (Lipinski definition) is 8. The van der Waals surface area contributed by atoms with E-state index in [1.54, 1.807) is 60.7 Å². The second-order valence-electron chi connectivity index (χ2n) is 8.88. The van der Waals surface area contributed by atoms with E-state index in [-0.39, 0.29) is 22.9 Å². The molecule has 4 aromatic carbocycles. The van der Waals surface area contributed by atoms with Gasteiger partial charge in [-0.05, 0) is 82.2 Å². The first-order chi connectivity index (χ1) is 21.1. The van der Waals surface area contributed by atoms with Gasteiger partial charge in [0.1, 0.15) is 5.75 Å². The molecule has 44 heavy (non-hydrogen) atoms. The maximum absolute atomic E-state index is 12.8. The van der Waals surface area contributed by atoms with Gasteiger partial charge in [0.15, 0.2) is 5.75 Å². The van der Waals surface area contributed by atoms with Gasteiger partial charge in [0.25, 0.3) is 17.5 Å². The molecule has 2 N–H and O–H groups in total. The van der Waals surface area contributed by atoms with Crippen molar-refractivity contribution in [3.63, 3.8) is 0 Å². The molecule has 0 aromatic heterocycles. The minimum absolute atomic E-state index is 0.109. The van der Waals surface area contributed by atoms with Crippen molar-refractivity contribution >= 4 is 73.3 Å². The summed E-state index contributed by atoms with van der Waals surface area (Å²) in [6.07, 6.45) is 3.83. The van der Waals surface area contributed by atoms with Crippen LogP contribution in [-0.2, 0) is 4.79 Å². The van der Waals surface area contributed by atoms with Crippen LogP contribution in [0.5, 0.6) is 11.5 Å². The summed E-state index contributed by atoms with van der Waals surface area (Å²) in [5, 5.41) is 17.7. The molecule has 0 saturated carbocycles. The molecular formula is C31H22Br2N4O7. The summed E-state index contributed by atoms with van der Waals surface area (Å²) >= 11 is 6.73. The van der Waals surface area contributed by atoms with Crippen molar-refractivity contribution in [3.05, 3.63) is 132 Å². The maximum Gasteiger partial charge on any atom is 0.336 e. The Bertz CT molecular complexity index is 1790. The van der Waals surface area contributed by atoms with E-state index in [9.17, 15) is 24.5 Å². The normalized spacial score (nSPS) is 10.9. The number of hydrazone groups is 1. The molecule has 222 valence electrons. The third-order valence-electron chi connectivity index (χ3n) is 5.84. The Morgan fingerprint density at radius 1 is 0.909 bits per heavy atom. The van der Waals surface area contributed by atoms with E-state index in [2.05, 4.69) is 47.7 Å². The molecule has 4 aromatic rings. The van der Waals surface area contributed by atoms with Gasteiger partial charge in [-0.2, -0.15) is 5.10 Å². The van der Waals surface area contributed by atoms with Gasteiger partial charge in [-0.25, -0.2) is 10.2 Å². The van der Waals surface area contributed by atoms with Gasteiger partial charge in [-0.1, -0.05) is 34.1 Å². The lowest BCUT2D eigenvalue weighted by molar-refractivity contribution is -0.384. The highest BCUT2D eigenvalue weighted by molar-refractivity contribution is 9.11. The van der Waals surface area contributed by atoms with Crippen LogP contribution >= 0.6 is 31.9 Å². The fraction of sp³-hybridized carbons (Fsp3) is 0.0323. The first kappa shape index (κ1) is 31.8. The summed E-state index contributed by atoms with van der Waals surface area (Å²) in [7, 11) is 1.53. The zero-order chi connectivity index (χ0) is 31.6. The maximum atomic E-state index is 12.8. The minimum Gasteiger partial charge on any atom is -0.497 e. The Kier molecular flexibility index (Phi) is 10.7. The Hall–Kier alpha value is -5.14. The molecule has 0 unspecified atom stereocenters. The molecule has 13 heteroatoms. The third kappa shape index (κ3) is 8.69. The molecule has 0 saturated heterocycles. The number of hydrogen-bond donors (Lipinski definition) is 2. The van der Waals surface area contributed by atoms with Gasteiger partial charge in [0.05, 0.1) is 22.7 Å². The van der Waals surface area contributed by atoms with Gasteiger partial charge < -0.3 is 14.8 Å². The summed E-state index contributed by atoms with van der Waals surface area (Å²) in [5.41, 5.74) is 4.17. The number of methoxy groups -OCH3 is 1. The first-order valence-corrected chi connectivity index (χ1v) is 14.2. The van der Waals surface area contributed by atoms with Crippen molar-refractivity contribution in [1.29, 1.82) is 0 Å². The molecule has 0 aliphatic carbocycles. The SMILES string of the molecule is COc1ccc(C(=O)Nc2cccc(C(=O)NN=Cc3cc(Br)cc(Br)c3OC(=O)/C=C/c3cccc([N+](=O)[O-])c3)c2)cc1. The standard InChI is InChI=1S/C31H22Br2N4O7/c1-43-26-11-9-20(10-12-26)30(39)35-24-6-3-5-21(16-24)31(40)36-34-18-22-15-23(32)17-27(33)29(22)44-28(38)13-8-19-4-2-7-25(14-19)37(41)42/h2-18H,1H3,(H,35,39)(H,36,40)/b13-8+,34-18?. The van der Waals surface area contributed by atoms with Crippen molar-refractivity contribution in [2.24, 2.45) is 5.10 Å². The molecule has 11 nitrogen and oxygen atoms in total. The van der Waals surface area contributed by atoms with Gasteiger partial charge in [-0.3, -0.25) is 19.7 Å². The molecule has 0 fully saturated rings. The van der Waals surface area contributed by atoms with Gasteiger partial charge >= 0.3 is 5.97 Å². The number of halogens is 2. The number of esters is 1.